The fourth-order valence-electron chi connectivity index (χ4n) is 6.29. The van der Waals surface area contributed by atoms with Crippen LogP contribution in [0, 0.1) is 16.7 Å². The molecule has 166 valence electrons. The van der Waals surface area contributed by atoms with E-state index in [1.165, 1.54) is 6.42 Å². The van der Waals surface area contributed by atoms with Crippen LogP contribution in [0.15, 0.2) is 30.3 Å². The normalized spacial score (nSPS) is 27.6. The number of rotatable bonds is 5. The number of hydrogen-bond donors (Lipinski definition) is 1. The first-order chi connectivity index (χ1) is 14.9. The molecule has 3 heterocycles. The minimum absolute atomic E-state index is 0.0419. The number of fused-ring (bicyclic) bond motifs is 1. The number of H-pyrrole nitrogens is 1. The number of ether oxygens (including phenoxy) is 2. The Morgan fingerprint density at radius 1 is 1.29 bits per heavy atom. The minimum Gasteiger partial charge on any atom is -0.496 e. The molecule has 0 bridgehead atoms. The lowest BCUT2D eigenvalue weighted by atomic mass is 9.48. The predicted octanol–water partition coefficient (Wildman–Crippen LogP) is 2.91. The molecule has 3 fully saturated rings. The Bertz CT molecular complexity index is 965. The summed E-state index contributed by atoms with van der Waals surface area (Å²) in [5, 5.41) is 7.38. The molecule has 1 aromatic heterocycles. The van der Waals surface area contributed by atoms with Gasteiger partial charge in [-0.05, 0) is 36.0 Å². The number of carbonyl (C=O) groups excluding carboxylic acids is 1. The van der Waals surface area contributed by atoms with E-state index in [0.717, 1.165) is 62.9 Å². The van der Waals surface area contributed by atoms with Crippen LogP contribution < -0.4 is 4.74 Å². The largest absolute Gasteiger partial charge is 0.496 e. The van der Waals surface area contributed by atoms with Gasteiger partial charge in [0.05, 0.1) is 26.0 Å². The Labute approximate surface area is 183 Å². The Morgan fingerprint density at radius 3 is 2.81 bits per heavy atom. The number of aromatic nitrogens is 2. The van der Waals surface area contributed by atoms with Crippen molar-refractivity contribution in [3.63, 3.8) is 0 Å². The lowest BCUT2D eigenvalue weighted by Crippen LogP contribution is -2.59. The Hall–Kier alpha value is -2.38. The first-order valence-corrected chi connectivity index (χ1v) is 11.2. The van der Waals surface area contributed by atoms with Crippen LogP contribution in [0.4, 0.5) is 0 Å². The van der Waals surface area contributed by atoms with Gasteiger partial charge in [-0.15, -0.1) is 0 Å². The maximum absolute atomic E-state index is 13.4. The zero-order valence-electron chi connectivity index (χ0n) is 18.7. The first kappa shape index (κ1) is 20.5. The Balaban J connectivity index is 1.34. The number of morpholine rings is 1. The van der Waals surface area contributed by atoms with Crippen molar-refractivity contribution in [2.45, 2.75) is 20.3 Å². The van der Waals surface area contributed by atoms with Crippen molar-refractivity contribution in [3.05, 3.63) is 36.0 Å². The van der Waals surface area contributed by atoms with Gasteiger partial charge in [-0.1, -0.05) is 26.0 Å². The molecule has 3 aliphatic rings. The van der Waals surface area contributed by atoms with Crippen molar-refractivity contribution in [2.24, 2.45) is 16.7 Å². The molecular formula is C24H32N4O3. The molecular weight excluding hydrogens is 392 g/mol. The summed E-state index contributed by atoms with van der Waals surface area (Å²) >= 11 is 0. The highest BCUT2D eigenvalue weighted by Gasteiger charge is 2.63. The van der Waals surface area contributed by atoms with Crippen molar-refractivity contribution >= 4 is 5.91 Å². The van der Waals surface area contributed by atoms with E-state index in [1.54, 1.807) is 7.11 Å². The smallest absolute Gasteiger partial charge is 0.271 e. The molecule has 2 atom stereocenters. The standard InChI is InChI=1S/C24H32N4O3/c1-23(2)14-24(15-27-8-10-31-11-9-27)16-28(13-21(23)24)22(29)19-12-18(25-26-19)17-6-4-5-7-20(17)30-3/h4-7,12,21H,8-11,13-16H2,1-3H3,(H,25,26)/t21-,24+/m1/s1. The molecule has 1 aromatic carbocycles. The van der Waals surface area contributed by atoms with Gasteiger partial charge in [-0.3, -0.25) is 14.8 Å². The zero-order valence-corrected chi connectivity index (χ0v) is 18.7. The number of benzene rings is 1. The molecule has 0 unspecified atom stereocenters. The number of para-hydroxylation sites is 1. The Kier molecular flexibility index (Phi) is 5.06. The molecule has 1 saturated carbocycles. The topological polar surface area (TPSA) is 70.7 Å². The van der Waals surface area contributed by atoms with Crippen LogP contribution in [0.3, 0.4) is 0 Å². The van der Waals surface area contributed by atoms with Crippen LogP contribution in [-0.4, -0.2) is 79.0 Å². The quantitative estimate of drug-likeness (QED) is 0.799. The predicted molar refractivity (Wildman–Crippen MR) is 118 cm³/mol. The molecule has 2 aromatic rings. The van der Waals surface area contributed by atoms with E-state index in [-0.39, 0.29) is 16.7 Å². The molecule has 0 spiro atoms. The average molecular weight is 425 g/mol. The van der Waals surface area contributed by atoms with Gasteiger partial charge < -0.3 is 14.4 Å². The van der Waals surface area contributed by atoms with Gasteiger partial charge in [0.25, 0.3) is 5.91 Å². The van der Waals surface area contributed by atoms with Crippen LogP contribution in [-0.2, 0) is 4.74 Å². The van der Waals surface area contributed by atoms with Crippen molar-refractivity contribution in [1.82, 2.24) is 20.0 Å². The summed E-state index contributed by atoms with van der Waals surface area (Å²) in [7, 11) is 1.65. The molecule has 1 aliphatic carbocycles. The van der Waals surface area contributed by atoms with Crippen molar-refractivity contribution in [3.8, 4) is 17.0 Å². The third kappa shape index (κ3) is 3.53. The number of carbonyl (C=O) groups is 1. The van der Waals surface area contributed by atoms with Gasteiger partial charge >= 0.3 is 0 Å². The van der Waals surface area contributed by atoms with Gasteiger partial charge in [0.2, 0.25) is 0 Å². The van der Waals surface area contributed by atoms with E-state index < -0.39 is 0 Å². The number of nitrogens with zero attached hydrogens (tertiary/aromatic N) is 3. The highest BCUT2D eigenvalue weighted by Crippen LogP contribution is 2.63. The SMILES string of the molecule is COc1ccccc1-c1cc(C(=O)N2C[C@@H]3C(C)(C)C[C@]3(CN3CCOCC3)C2)[nH]n1. The van der Waals surface area contributed by atoms with Crippen LogP contribution in [0.1, 0.15) is 30.8 Å². The summed E-state index contributed by atoms with van der Waals surface area (Å²) in [6.45, 7) is 11.0. The van der Waals surface area contributed by atoms with Gasteiger partial charge in [0, 0.05) is 43.7 Å². The third-order valence-electron chi connectivity index (χ3n) is 7.52. The number of hydrogen-bond acceptors (Lipinski definition) is 5. The molecule has 2 saturated heterocycles. The number of nitrogens with one attached hydrogen (secondary N) is 1. The fourth-order valence-corrected chi connectivity index (χ4v) is 6.29. The zero-order chi connectivity index (χ0) is 21.6. The van der Waals surface area contributed by atoms with Gasteiger partial charge in [-0.2, -0.15) is 5.10 Å². The summed E-state index contributed by atoms with van der Waals surface area (Å²) in [5.74, 6) is 1.32. The van der Waals surface area contributed by atoms with Crippen LogP contribution >= 0.6 is 0 Å². The highest BCUT2D eigenvalue weighted by molar-refractivity contribution is 5.94. The summed E-state index contributed by atoms with van der Waals surface area (Å²) in [6, 6.07) is 9.58. The molecule has 31 heavy (non-hydrogen) atoms. The molecule has 7 nitrogen and oxygen atoms in total. The lowest BCUT2D eigenvalue weighted by molar-refractivity contribution is -0.0966. The van der Waals surface area contributed by atoms with Crippen molar-refractivity contribution < 1.29 is 14.3 Å². The number of aromatic amines is 1. The fraction of sp³-hybridized carbons (Fsp3) is 0.583. The number of methoxy groups -OCH3 is 1. The lowest BCUT2D eigenvalue weighted by Gasteiger charge is -2.58. The minimum atomic E-state index is 0.0419. The van der Waals surface area contributed by atoms with Gasteiger partial charge in [0.1, 0.15) is 11.4 Å². The van der Waals surface area contributed by atoms with Gasteiger partial charge in [-0.25, -0.2) is 0 Å². The third-order valence-corrected chi connectivity index (χ3v) is 7.52. The van der Waals surface area contributed by atoms with E-state index in [9.17, 15) is 4.79 Å². The Morgan fingerprint density at radius 2 is 2.06 bits per heavy atom. The maximum atomic E-state index is 13.4. The van der Waals surface area contributed by atoms with E-state index in [1.807, 2.05) is 35.2 Å². The van der Waals surface area contributed by atoms with Crippen molar-refractivity contribution in [2.75, 3.05) is 53.0 Å². The van der Waals surface area contributed by atoms with Crippen LogP contribution in [0.25, 0.3) is 11.3 Å². The molecule has 7 heteroatoms. The summed E-state index contributed by atoms with van der Waals surface area (Å²) < 4.78 is 11.0. The van der Waals surface area contributed by atoms with Crippen LogP contribution in [0.2, 0.25) is 0 Å². The van der Waals surface area contributed by atoms with E-state index in [2.05, 4.69) is 28.9 Å². The summed E-state index contributed by atoms with van der Waals surface area (Å²) in [6.07, 6.45) is 1.17. The summed E-state index contributed by atoms with van der Waals surface area (Å²) in [4.78, 5) is 18.0. The van der Waals surface area contributed by atoms with E-state index >= 15 is 0 Å². The first-order valence-electron chi connectivity index (χ1n) is 11.2. The molecule has 0 radical (unpaired) electrons. The molecule has 1 N–H and O–H groups in total. The van der Waals surface area contributed by atoms with Gasteiger partial charge in [0.15, 0.2) is 0 Å². The second-order valence-electron chi connectivity index (χ2n) is 10.0. The average Bonchev–Trinajstić information content (AvgIpc) is 3.37. The summed E-state index contributed by atoms with van der Waals surface area (Å²) in [5.41, 5.74) is 2.62. The molecule has 5 rings (SSSR count). The second kappa shape index (κ2) is 7.64. The monoisotopic (exact) mass is 424 g/mol. The van der Waals surface area contributed by atoms with E-state index in [4.69, 9.17) is 9.47 Å². The molecule has 1 amide bonds. The van der Waals surface area contributed by atoms with E-state index in [0.29, 0.717) is 11.6 Å². The highest BCUT2D eigenvalue weighted by atomic mass is 16.5. The van der Waals surface area contributed by atoms with Crippen molar-refractivity contribution in [1.29, 1.82) is 0 Å². The number of amides is 1. The number of likely N-dealkylation sites (tertiary alicyclic amines) is 1. The van der Waals surface area contributed by atoms with Crippen LogP contribution in [0.5, 0.6) is 5.75 Å². The maximum Gasteiger partial charge on any atom is 0.271 e. The second-order valence-corrected chi connectivity index (χ2v) is 10.0. The molecule has 2 aliphatic heterocycles.